The molecule has 0 saturated heterocycles. The molecule has 1 amide bonds. The van der Waals surface area contributed by atoms with E-state index in [0.29, 0.717) is 22.4 Å². The van der Waals surface area contributed by atoms with Crippen LogP contribution in [-0.2, 0) is 5.60 Å². The lowest BCUT2D eigenvalue weighted by Crippen LogP contribution is -2.38. The fourth-order valence-corrected chi connectivity index (χ4v) is 3.13. The van der Waals surface area contributed by atoms with Crippen LogP contribution in [-0.4, -0.2) is 26.3 Å². The van der Waals surface area contributed by atoms with Gasteiger partial charge in [-0.3, -0.25) is 4.79 Å². The minimum absolute atomic E-state index is 0.0268. The SMILES string of the molecule is C[C@@](O)(CNC(=O)c1ccc2nsnc2c1)c1cc2ccccc2o1. The first-order valence-electron chi connectivity index (χ1n) is 7.75. The molecule has 0 aliphatic heterocycles. The summed E-state index contributed by atoms with van der Waals surface area (Å²) in [5, 5.41) is 14.3. The molecule has 25 heavy (non-hydrogen) atoms. The lowest BCUT2D eigenvalue weighted by Gasteiger charge is -2.21. The van der Waals surface area contributed by atoms with Crippen molar-refractivity contribution in [3.05, 3.63) is 59.9 Å². The number of fused-ring (bicyclic) bond motifs is 2. The average molecular weight is 353 g/mol. The zero-order valence-electron chi connectivity index (χ0n) is 13.4. The summed E-state index contributed by atoms with van der Waals surface area (Å²) >= 11 is 1.11. The first-order chi connectivity index (χ1) is 12.0. The minimum atomic E-state index is -1.32. The van der Waals surface area contributed by atoms with Gasteiger partial charge >= 0.3 is 0 Å². The van der Waals surface area contributed by atoms with Gasteiger partial charge in [-0.2, -0.15) is 8.75 Å². The third kappa shape index (κ3) is 2.99. The van der Waals surface area contributed by atoms with Gasteiger partial charge in [0, 0.05) is 10.9 Å². The number of hydrogen-bond donors (Lipinski definition) is 2. The van der Waals surface area contributed by atoms with Crippen LogP contribution in [0.25, 0.3) is 22.0 Å². The molecule has 126 valence electrons. The Kier molecular flexibility index (Phi) is 3.74. The number of carbonyl (C=O) groups excluding carboxylic acids is 1. The molecule has 2 N–H and O–H groups in total. The Bertz CT molecular complexity index is 1030. The Morgan fingerprint density at radius 2 is 2.00 bits per heavy atom. The highest BCUT2D eigenvalue weighted by molar-refractivity contribution is 7.00. The second kappa shape index (κ2) is 5.94. The number of aliphatic hydroxyl groups is 1. The van der Waals surface area contributed by atoms with Gasteiger partial charge in [-0.1, -0.05) is 18.2 Å². The van der Waals surface area contributed by atoms with Crippen molar-refractivity contribution in [2.75, 3.05) is 6.54 Å². The lowest BCUT2D eigenvalue weighted by atomic mass is 10.0. The normalized spacial score (nSPS) is 13.8. The molecule has 0 spiro atoms. The highest BCUT2D eigenvalue weighted by atomic mass is 32.1. The number of amides is 1. The molecular formula is C18H15N3O3S. The fraction of sp³-hybridized carbons (Fsp3) is 0.167. The quantitative estimate of drug-likeness (QED) is 0.589. The molecule has 0 radical (unpaired) electrons. The summed E-state index contributed by atoms with van der Waals surface area (Å²) in [7, 11) is 0. The van der Waals surface area contributed by atoms with E-state index in [1.165, 1.54) is 0 Å². The van der Waals surface area contributed by atoms with E-state index >= 15 is 0 Å². The molecule has 0 unspecified atom stereocenters. The molecular weight excluding hydrogens is 338 g/mol. The highest BCUT2D eigenvalue weighted by Gasteiger charge is 2.28. The molecule has 0 saturated carbocycles. The number of carbonyl (C=O) groups is 1. The van der Waals surface area contributed by atoms with Crippen molar-refractivity contribution in [2.45, 2.75) is 12.5 Å². The molecule has 4 rings (SSSR count). The summed E-state index contributed by atoms with van der Waals surface area (Å²) in [4.78, 5) is 12.4. The van der Waals surface area contributed by atoms with E-state index in [-0.39, 0.29) is 12.5 Å². The zero-order valence-corrected chi connectivity index (χ0v) is 14.2. The Labute approximate surface area is 147 Å². The molecule has 0 aliphatic carbocycles. The third-order valence-electron chi connectivity index (χ3n) is 4.07. The Morgan fingerprint density at radius 3 is 2.84 bits per heavy atom. The van der Waals surface area contributed by atoms with Crippen LogP contribution in [0.5, 0.6) is 0 Å². The van der Waals surface area contributed by atoms with Gasteiger partial charge in [-0.15, -0.1) is 0 Å². The van der Waals surface area contributed by atoms with Crippen molar-refractivity contribution in [3.8, 4) is 0 Å². The second-order valence-corrected chi connectivity index (χ2v) is 6.60. The van der Waals surface area contributed by atoms with Crippen LogP contribution in [0.1, 0.15) is 23.0 Å². The molecule has 2 aromatic heterocycles. The molecule has 0 bridgehead atoms. The number of nitrogens with one attached hydrogen (secondary N) is 1. The molecule has 7 heteroatoms. The first kappa shape index (κ1) is 15.7. The van der Waals surface area contributed by atoms with Crippen molar-refractivity contribution >= 4 is 39.6 Å². The summed E-state index contributed by atoms with van der Waals surface area (Å²) in [6, 6.07) is 14.4. The van der Waals surface area contributed by atoms with Gasteiger partial charge in [0.15, 0.2) is 0 Å². The van der Waals surface area contributed by atoms with Crippen LogP contribution in [0.2, 0.25) is 0 Å². The Balaban J connectivity index is 1.51. The van der Waals surface area contributed by atoms with E-state index in [0.717, 1.165) is 22.6 Å². The van der Waals surface area contributed by atoms with Crippen molar-refractivity contribution in [2.24, 2.45) is 0 Å². The predicted molar refractivity (Wildman–Crippen MR) is 95.5 cm³/mol. The van der Waals surface area contributed by atoms with Gasteiger partial charge < -0.3 is 14.8 Å². The van der Waals surface area contributed by atoms with Gasteiger partial charge in [0.05, 0.1) is 18.3 Å². The number of benzene rings is 2. The summed E-state index contributed by atoms with van der Waals surface area (Å²) in [5.74, 6) is 0.124. The van der Waals surface area contributed by atoms with Crippen LogP contribution >= 0.6 is 11.7 Å². The lowest BCUT2D eigenvalue weighted by molar-refractivity contribution is 0.0344. The van der Waals surface area contributed by atoms with Gasteiger partial charge in [0.2, 0.25) is 0 Å². The summed E-state index contributed by atoms with van der Waals surface area (Å²) in [6.07, 6.45) is 0. The van der Waals surface area contributed by atoms with Crippen molar-refractivity contribution in [1.82, 2.24) is 14.1 Å². The van der Waals surface area contributed by atoms with Crippen molar-refractivity contribution in [1.29, 1.82) is 0 Å². The maximum Gasteiger partial charge on any atom is 0.251 e. The van der Waals surface area contributed by atoms with Crippen LogP contribution in [0, 0.1) is 0 Å². The van der Waals surface area contributed by atoms with Crippen LogP contribution in [0.4, 0.5) is 0 Å². The number of furan rings is 1. The van der Waals surface area contributed by atoms with Gasteiger partial charge in [0.25, 0.3) is 5.91 Å². The maximum atomic E-state index is 12.4. The second-order valence-electron chi connectivity index (χ2n) is 6.07. The van der Waals surface area contributed by atoms with E-state index in [4.69, 9.17) is 4.42 Å². The number of aromatic nitrogens is 2. The first-order valence-corrected chi connectivity index (χ1v) is 8.48. The number of hydrogen-bond acceptors (Lipinski definition) is 6. The average Bonchev–Trinajstić information content (AvgIpc) is 3.25. The van der Waals surface area contributed by atoms with Crippen LogP contribution < -0.4 is 5.32 Å². The Morgan fingerprint density at radius 1 is 1.20 bits per heavy atom. The molecule has 6 nitrogen and oxygen atoms in total. The van der Waals surface area contributed by atoms with Gasteiger partial charge in [-0.05, 0) is 37.3 Å². The molecule has 4 aromatic rings. The standard InChI is InChI=1S/C18H15N3O3S/c1-18(23,16-9-11-4-2-3-5-15(11)24-16)10-19-17(22)12-6-7-13-14(8-12)21-25-20-13/h2-9,23H,10H2,1H3,(H,19,22)/t18-/m1/s1. The summed E-state index contributed by atoms with van der Waals surface area (Å²) < 4.78 is 13.9. The Hall–Kier alpha value is -2.77. The molecule has 2 aromatic carbocycles. The minimum Gasteiger partial charge on any atom is -0.458 e. The van der Waals surface area contributed by atoms with Crippen molar-refractivity contribution in [3.63, 3.8) is 0 Å². The monoisotopic (exact) mass is 353 g/mol. The van der Waals surface area contributed by atoms with E-state index in [1.807, 2.05) is 24.3 Å². The smallest absolute Gasteiger partial charge is 0.251 e. The predicted octanol–water partition coefficient (Wildman–Crippen LogP) is 3.08. The van der Waals surface area contributed by atoms with Gasteiger partial charge in [-0.25, -0.2) is 0 Å². The van der Waals surface area contributed by atoms with Crippen molar-refractivity contribution < 1.29 is 14.3 Å². The zero-order chi connectivity index (χ0) is 17.4. The molecule has 1 atom stereocenters. The fourth-order valence-electron chi connectivity index (χ4n) is 2.61. The number of nitrogens with zero attached hydrogens (tertiary/aromatic N) is 2. The maximum absolute atomic E-state index is 12.4. The van der Waals surface area contributed by atoms with E-state index < -0.39 is 5.60 Å². The largest absolute Gasteiger partial charge is 0.458 e. The van der Waals surface area contributed by atoms with Crippen LogP contribution in [0.15, 0.2) is 52.9 Å². The number of para-hydroxylation sites is 1. The summed E-state index contributed by atoms with van der Waals surface area (Å²) in [6.45, 7) is 1.64. The molecule has 0 fully saturated rings. The van der Waals surface area contributed by atoms with E-state index in [1.54, 1.807) is 31.2 Å². The molecule has 2 heterocycles. The van der Waals surface area contributed by atoms with E-state index in [2.05, 4.69) is 14.1 Å². The van der Waals surface area contributed by atoms with Gasteiger partial charge in [0.1, 0.15) is 28.0 Å². The topological polar surface area (TPSA) is 88.2 Å². The highest BCUT2D eigenvalue weighted by Crippen LogP contribution is 2.27. The molecule has 0 aliphatic rings. The van der Waals surface area contributed by atoms with E-state index in [9.17, 15) is 9.90 Å². The summed E-state index contributed by atoms with van der Waals surface area (Å²) in [5.41, 5.74) is 1.30. The third-order valence-corrected chi connectivity index (χ3v) is 4.62. The number of rotatable bonds is 4. The van der Waals surface area contributed by atoms with Crippen LogP contribution in [0.3, 0.4) is 0 Å².